The van der Waals surface area contributed by atoms with Gasteiger partial charge in [-0.15, -0.1) is 0 Å². The first-order valence-corrected chi connectivity index (χ1v) is 4.70. The number of methoxy groups -OCH3 is 1. The highest BCUT2D eigenvalue weighted by Crippen LogP contribution is 2.12. The van der Waals surface area contributed by atoms with E-state index in [9.17, 15) is 4.79 Å². The summed E-state index contributed by atoms with van der Waals surface area (Å²) < 4.78 is 10.1. The lowest BCUT2D eigenvalue weighted by molar-refractivity contribution is -0.147. The van der Waals surface area contributed by atoms with Crippen LogP contribution in [0.5, 0.6) is 0 Å². The van der Waals surface area contributed by atoms with Crippen LogP contribution in [0.2, 0.25) is 0 Å². The number of hydrogen-bond acceptors (Lipinski definition) is 4. The van der Waals surface area contributed by atoms with E-state index in [0.29, 0.717) is 6.61 Å². The van der Waals surface area contributed by atoms with E-state index >= 15 is 0 Å². The highest BCUT2D eigenvalue weighted by atomic mass is 16.5. The minimum absolute atomic E-state index is 0.163. The Kier molecular flexibility index (Phi) is 4.18. The van der Waals surface area contributed by atoms with Gasteiger partial charge in [0.15, 0.2) is 0 Å². The van der Waals surface area contributed by atoms with Crippen molar-refractivity contribution < 1.29 is 14.3 Å². The molecule has 0 amide bonds. The van der Waals surface area contributed by atoms with Gasteiger partial charge in [-0.1, -0.05) is 0 Å². The zero-order valence-corrected chi connectivity index (χ0v) is 8.21. The number of esters is 1. The molecule has 1 rings (SSSR count). The summed E-state index contributed by atoms with van der Waals surface area (Å²) in [6.07, 6.45) is 1.87. The molecule has 0 saturated carbocycles. The normalized spacial score (nSPS) is 28.5. The first-order valence-electron chi connectivity index (χ1n) is 4.70. The van der Waals surface area contributed by atoms with E-state index in [2.05, 4.69) is 5.32 Å². The molecule has 1 fully saturated rings. The van der Waals surface area contributed by atoms with E-state index in [-0.39, 0.29) is 18.1 Å². The maximum Gasteiger partial charge on any atom is 0.323 e. The molecule has 2 atom stereocenters. The molecule has 0 aromatic heterocycles. The Morgan fingerprint density at radius 2 is 2.38 bits per heavy atom. The van der Waals surface area contributed by atoms with Gasteiger partial charge in [0.05, 0.1) is 12.7 Å². The number of carbonyl (C=O) groups excluding carboxylic acids is 1. The predicted octanol–water partition coefficient (Wildman–Crippen LogP) is 0.317. The molecule has 76 valence electrons. The van der Waals surface area contributed by atoms with E-state index < -0.39 is 0 Å². The van der Waals surface area contributed by atoms with Crippen LogP contribution >= 0.6 is 0 Å². The van der Waals surface area contributed by atoms with Gasteiger partial charge < -0.3 is 14.8 Å². The van der Waals surface area contributed by atoms with Crippen LogP contribution in [0.15, 0.2) is 0 Å². The minimum Gasteiger partial charge on any atom is -0.465 e. The van der Waals surface area contributed by atoms with E-state index in [1.165, 1.54) is 0 Å². The van der Waals surface area contributed by atoms with Crippen molar-refractivity contribution in [2.75, 3.05) is 20.3 Å². The Morgan fingerprint density at radius 3 is 3.00 bits per heavy atom. The van der Waals surface area contributed by atoms with E-state index in [1.807, 2.05) is 6.92 Å². The van der Waals surface area contributed by atoms with Gasteiger partial charge in [-0.3, -0.25) is 4.79 Å². The molecule has 0 aromatic carbocycles. The van der Waals surface area contributed by atoms with Gasteiger partial charge in [-0.25, -0.2) is 0 Å². The Morgan fingerprint density at radius 1 is 1.62 bits per heavy atom. The summed E-state index contributed by atoms with van der Waals surface area (Å²) >= 11 is 0. The van der Waals surface area contributed by atoms with Gasteiger partial charge in [-0.05, 0) is 26.3 Å². The Labute approximate surface area is 78.6 Å². The molecule has 0 aromatic rings. The summed E-state index contributed by atoms with van der Waals surface area (Å²) in [5, 5.41) is 3.11. The summed E-state index contributed by atoms with van der Waals surface area (Å²) in [4.78, 5) is 11.3. The molecule has 1 heterocycles. The maximum absolute atomic E-state index is 11.3. The summed E-state index contributed by atoms with van der Waals surface area (Å²) in [6, 6.07) is -0.182. The predicted molar refractivity (Wildman–Crippen MR) is 48.5 cm³/mol. The third-order valence-electron chi connectivity index (χ3n) is 2.26. The second kappa shape index (κ2) is 5.19. The van der Waals surface area contributed by atoms with Crippen LogP contribution in [-0.4, -0.2) is 38.4 Å². The molecule has 0 radical (unpaired) electrons. The second-order valence-electron chi connectivity index (χ2n) is 3.14. The van der Waals surface area contributed by atoms with Gasteiger partial charge in [-0.2, -0.15) is 0 Å². The number of hydrogen-bond donors (Lipinski definition) is 1. The van der Waals surface area contributed by atoms with Gasteiger partial charge in [0, 0.05) is 7.11 Å². The van der Waals surface area contributed by atoms with Crippen LogP contribution in [-0.2, 0) is 14.3 Å². The van der Waals surface area contributed by atoms with Crippen molar-refractivity contribution in [3.05, 3.63) is 0 Å². The monoisotopic (exact) mass is 187 g/mol. The van der Waals surface area contributed by atoms with Crippen LogP contribution in [0.1, 0.15) is 19.8 Å². The number of nitrogens with one attached hydrogen (secondary N) is 1. The largest absolute Gasteiger partial charge is 0.465 e. The lowest BCUT2D eigenvalue weighted by Crippen LogP contribution is -2.46. The standard InChI is InChI=1S/C9H17NO3/c1-3-13-9(11)8-6-7(12-2)4-5-10-8/h7-8,10H,3-6H2,1-2H3. The topological polar surface area (TPSA) is 47.6 Å². The highest BCUT2D eigenvalue weighted by Gasteiger charge is 2.27. The molecule has 0 aliphatic carbocycles. The van der Waals surface area contributed by atoms with Gasteiger partial charge in [0.25, 0.3) is 0 Å². The lowest BCUT2D eigenvalue weighted by atomic mass is 10.0. The van der Waals surface area contributed by atoms with E-state index in [4.69, 9.17) is 9.47 Å². The Balaban J connectivity index is 2.37. The van der Waals surface area contributed by atoms with Crippen molar-refractivity contribution in [2.45, 2.75) is 31.9 Å². The molecule has 1 aliphatic heterocycles. The second-order valence-corrected chi connectivity index (χ2v) is 3.14. The molecule has 1 N–H and O–H groups in total. The summed E-state index contributed by atoms with van der Waals surface area (Å²) in [5.41, 5.74) is 0. The molecular formula is C9H17NO3. The average molecular weight is 187 g/mol. The van der Waals surface area contributed by atoms with Crippen molar-refractivity contribution in [1.29, 1.82) is 0 Å². The quantitative estimate of drug-likeness (QED) is 0.646. The molecule has 0 spiro atoms. The number of rotatable bonds is 3. The van der Waals surface area contributed by atoms with Gasteiger partial charge in [0.1, 0.15) is 6.04 Å². The summed E-state index contributed by atoms with van der Waals surface area (Å²) in [5.74, 6) is -0.163. The third kappa shape index (κ3) is 2.97. The molecule has 4 heteroatoms. The number of carbonyl (C=O) groups is 1. The summed E-state index contributed by atoms with van der Waals surface area (Å²) in [7, 11) is 1.68. The van der Waals surface area contributed by atoms with Crippen LogP contribution < -0.4 is 5.32 Å². The minimum atomic E-state index is -0.182. The zero-order valence-electron chi connectivity index (χ0n) is 8.21. The maximum atomic E-state index is 11.3. The zero-order chi connectivity index (χ0) is 9.68. The molecule has 13 heavy (non-hydrogen) atoms. The van der Waals surface area contributed by atoms with Crippen LogP contribution in [0.4, 0.5) is 0 Å². The number of piperidine rings is 1. The SMILES string of the molecule is CCOC(=O)C1CC(OC)CCN1. The lowest BCUT2D eigenvalue weighted by Gasteiger charge is -2.27. The molecule has 1 aliphatic rings. The number of ether oxygens (including phenoxy) is 2. The Hall–Kier alpha value is -0.610. The van der Waals surface area contributed by atoms with Crippen molar-refractivity contribution in [3.63, 3.8) is 0 Å². The van der Waals surface area contributed by atoms with Crippen molar-refractivity contribution >= 4 is 5.97 Å². The molecule has 1 saturated heterocycles. The fourth-order valence-electron chi connectivity index (χ4n) is 1.52. The fraction of sp³-hybridized carbons (Fsp3) is 0.889. The highest BCUT2D eigenvalue weighted by molar-refractivity contribution is 5.75. The summed E-state index contributed by atoms with van der Waals surface area (Å²) in [6.45, 7) is 3.07. The van der Waals surface area contributed by atoms with Crippen molar-refractivity contribution in [2.24, 2.45) is 0 Å². The fourth-order valence-corrected chi connectivity index (χ4v) is 1.52. The first kappa shape index (κ1) is 10.5. The van der Waals surface area contributed by atoms with Crippen LogP contribution in [0.3, 0.4) is 0 Å². The van der Waals surface area contributed by atoms with Gasteiger partial charge >= 0.3 is 5.97 Å². The molecular weight excluding hydrogens is 170 g/mol. The van der Waals surface area contributed by atoms with Crippen molar-refractivity contribution in [1.82, 2.24) is 5.32 Å². The van der Waals surface area contributed by atoms with E-state index in [1.54, 1.807) is 7.11 Å². The smallest absolute Gasteiger partial charge is 0.323 e. The molecule has 2 unspecified atom stereocenters. The molecule has 4 nitrogen and oxygen atoms in total. The third-order valence-corrected chi connectivity index (χ3v) is 2.26. The average Bonchev–Trinajstić information content (AvgIpc) is 2.18. The first-order chi connectivity index (χ1) is 6.27. The van der Waals surface area contributed by atoms with E-state index in [0.717, 1.165) is 19.4 Å². The Bertz CT molecular complexity index is 172. The molecule has 0 bridgehead atoms. The van der Waals surface area contributed by atoms with Gasteiger partial charge in [0.2, 0.25) is 0 Å². The van der Waals surface area contributed by atoms with Crippen molar-refractivity contribution in [3.8, 4) is 0 Å². The van der Waals surface area contributed by atoms with Crippen LogP contribution in [0, 0.1) is 0 Å². The van der Waals surface area contributed by atoms with Crippen LogP contribution in [0.25, 0.3) is 0 Å².